The van der Waals surface area contributed by atoms with Gasteiger partial charge < -0.3 is 5.32 Å². The summed E-state index contributed by atoms with van der Waals surface area (Å²) in [4.78, 5) is 4.12. The Morgan fingerprint density at radius 2 is 1.71 bits per heavy atom. The maximum absolute atomic E-state index is 12.2. The van der Waals surface area contributed by atoms with Crippen LogP contribution in [0.4, 0.5) is 5.69 Å². The third-order valence-corrected chi connectivity index (χ3v) is 4.46. The molecule has 0 bridgehead atoms. The molecule has 1 heterocycles. The summed E-state index contributed by atoms with van der Waals surface area (Å²) in [5.41, 5.74) is 1.64. The Hall–Kier alpha value is -1.92. The minimum absolute atomic E-state index is 0.261. The molecule has 0 atom stereocenters. The van der Waals surface area contributed by atoms with E-state index in [0.29, 0.717) is 5.69 Å². The van der Waals surface area contributed by atoms with E-state index in [4.69, 9.17) is 0 Å². The van der Waals surface area contributed by atoms with Crippen LogP contribution in [0.5, 0.6) is 0 Å². The van der Waals surface area contributed by atoms with Crippen molar-refractivity contribution in [3.63, 3.8) is 0 Å². The van der Waals surface area contributed by atoms with Crippen LogP contribution < -0.4 is 10.0 Å². The van der Waals surface area contributed by atoms with E-state index in [1.807, 2.05) is 19.2 Å². The smallest absolute Gasteiger partial charge is 0.261 e. The molecule has 0 aliphatic rings. The predicted molar refractivity (Wildman–Crippen MR) is 83.7 cm³/mol. The summed E-state index contributed by atoms with van der Waals surface area (Å²) < 4.78 is 27.0. The minimum atomic E-state index is -3.55. The topological polar surface area (TPSA) is 71.1 Å². The average Bonchev–Trinajstić information content (AvgIpc) is 2.49. The van der Waals surface area contributed by atoms with E-state index in [2.05, 4.69) is 15.0 Å². The van der Waals surface area contributed by atoms with Crippen molar-refractivity contribution in [1.82, 2.24) is 10.3 Å². The molecule has 0 amide bonds. The van der Waals surface area contributed by atoms with Gasteiger partial charge >= 0.3 is 0 Å². The van der Waals surface area contributed by atoms with Crippen molar-refractivity contribution in [2.75, 3.05) is 18.3 Å². The number of hydrogen-bond donors (Lipinski definition) is 2. The van der Waals surface area contributed by atoms with Gasteiger partial charge in [-0.25, -0.2) is 8.42 Å². The van der Waals surface area contributed by atoms with Crippen LogP contribution in [0.15, 0.2) is 53.7 Å². The number of aromatic nitrogens is 1. The summed E-state index contributed by atoms with van der Waals surface area (Å²) in [7, 11) is -1.63. The van der Waals surface area contributed by atoms with Crippen LogP contribution in [0, 0.1) is 0 Å². The summed E-state index contributed by atoms with van der Waals surface area (Å²) in [6.07, 6.45) is 5.04. The lowest BCUT2D eigenvalue weighted by molar-refractivity contribution is 0.601. The second-order valence-corrected chi connectivity index (χ2v) is 6.37. The van der Waals surface area contributed by atoms with Crippen LogP contribution >= 0.6 is 0 Å². The Kier molecular flexibility index (Phi) is 5.30. The van der Waals surface area contributed by atoms with Gasteiger partial charge in [-0.15, -0.1) is 0 Å². The summed E-state index contributed by atoms with van der Waals surface area (Å²) in [6, 6.07) is 10.2. The number of nitrogens with zero attached hydrogens (tertiary/aromatic N) is 1. The van der Waals surface area contributed by atoms with Crippen LogP contribution in [0.3, 0.4) is 0 Å². The maximum Gasteiger partial charge on any atom is 0.261 e. The van der Waals surface area contributed by atoms with Gasteiger partial charge in [-0.05, 0) is 56.3 Å². The summed E-state index contributed by atoms with van der Waals surface area (Å²) >= 11 is 0. The van der Waals surface area contributed by atoms with Gasteiger partial charge in [-0.2, -0.15) is 0 Å². The molecule has 2 aromatic rings. The molecule has 0 aliphatic carbocycles. The fourth-order valence-corrected chi connectivity index (χ4v) is 3.00. The molecule has 0 saturated carbocycles. The molecule has 5 nitrogen and oxygen atoms in total. The van der Waals surface area contributed by atoms with Crippen molar-refractivity contribution in [2.45, 2.75) is 17.7 Å². The summed E-state index contributed by atoms with van der Waals surface area (Å²) in [5, 5.41) is 3.09. The molecule has 1 aromatic heterocycles. The molecule has 1 aromatic carbocycles. The SMILES string of the molecule is CNCCCc1ccc(S(=O)(=O)Nc2ccncc2)cc1. The molecular weight excluding hydrogens is 286 g/mol. The number of anilines is 1. The van der Waals surface area contributed by atoms with Crippen LogP contribution in [0.2, 0.25) is 0 Å². The first kappa shape index (κ1) is 15.5. The number of aryl methyl sites for hydroxylation is 1. The molecule has 0 unspecified atom stereocenters. The molecular formula is C15H19N3O2S. The number of rotatable bonds is 7. The first-order valence-electron chi connectivity index (χ1n) is 6.78. The second-order valence-electron chi connectivity index (χ2n) is 4.69. The molecule has 0 spiro atoms. The highest BCUT2D eigenvalue weighted by Gasteiger charge is 2.13. The highest BCUT2D eigenvalue weighted by atomic mass is 32.2. The van der Waals surface area contributed by atoms with Crippen molar-refractivity contribution in [3.05, 3.63) is 54.4 Å². The minimum Gasteiger partial charge on any atom is -0.320 e. The van der Waals surface area contributed by atoms with Crippen molar-refractivity contribution in [3.8, 4) is 0 Å². The van der Waals surface area contributed by atoms with Gasteiger partial charge in [0.2, 0.25) is 0 Å². The molecule has 0 aliphatic heterocycles. The number of benzene rings is 1. The number of sulfonamides is 1. The normalized spacial score (nSPS) is 11.3. The second kappa shape index (κ2) is 7.19. The quantitative estimate of drug-likeness (QED) is 0.768. The third kappa shape index (κ3) is 4.54. The average molecular weight is 305 g/mol. The Morgan fingerprint density at radius 3 is 2.33 bits per heavy atom. The fourth-order valence-electron chi connectivity index (χ4n) is 1.94. The molecule has 0 saturated heterocycles. The van der Waals surface area contributed by atoms with Crippen molar-refractivity contribution >= 4 is 15.7 Å². The van der Waals surface area contributed by atoms with Gasteiger partial charge in [0, 0.05) is 12.4 Å². The van der Waals surface area contributed by atoms with Gasteiger partial charge in [0.25, 0.3) is 10.0 Å². The first-order valence-corrected chi connectivity index (χ1v) is 8.26. The monoisotopic (exact) mass is 305 g/mol. The predicted octanol–water partition coefficient (Wildman–Crippen LogP) is 2.03. The Bertz CT molecular complexity index is 655. The molecule has 0 radical (unpaired) electrons. The summed E-state index contributed by atoms with van der Waals surface area (Å²) in [6.45, 7) is 0.948. The van der Waals surface area contributed by atoms with Gasteiger partial charge in [0.05, 0.1) is 10.6 Å². The fraction of sp³-hybridized carbons (Fsp3) is 0.267. The highest BCUT2D eigenvalue weighted by molar-refractivity contribution is 7.92. The summed E-state index contributed by atoms with van der Waals surface area (Å²) in [5.74, 6) is 0. The number of nitrogens with one attached hydrogen (secondary N) is 2. The van der Waals surface area contributed by atoms with Crippen molar-refractivity contribution < 1.29 is 8.42 Å². The van der Waals surface area contributed by atoms with E-state index < -0.39 is 10.0 Å². The zero-order valence-electron chi connectivity index (χ0n) is 11.9. The molecule has 6 heteroatoms. The Morgan fingerprint density at radius 1 is 1.05 bits per heavy atom. The Balaban J connectivity index is 2.06. The molecule has 112 valence electrons. The van der Waals surface area contributed by atoms with Crippen LogP contribution in [-0.4, -0.2) is 27.0 Å². The van der Waals surface area contributed by atoms with Crippen LogP contribution in [-0.2, 0) is 16.4 Å². The largest absolute Gasteiger partial charge is 0.320 e. The lowest BCUT2D eigenvalue weighted by Crippen LogP contribution is -2.13. The molecule has 2 rings (SSSR count). The molecule has 21 heavy (non-hydrogen) atoms. The van der Waals surface area contributed by atoms with E-state index in [1.54, 1.807) is 36.7 Å². The van der Waals surface area contributed by atoms with Gasteiger partial charge in [0.1, 0.15) is 0 Å². The molecule has 2 N–H and O–H groups in total. The van der Waals surface area contributed by atoms with E-state index in [1.165, 1.54) is 0 Å². The van der Waals surface area contributed by atoms with E-state index in [9.17, 15) is 8.42 Å². The zero-order chi connectivity index (χ0) is 15.1. The van der Waals surface area contributed by atoms with Crippen LogP contribution in [0.1, 0.15) is 12.0 Å². The number of hydrogen-bond acceptors (Lipinski definition) is 4. The zero-order valence-corrected chi connectivity index (χ0v) is 12.7. The first-order chi connectivity index (χ1) is 10.1. The Labute approximate surface area is 125 Å². The van der Waals surface area contributed by atoms with Crippen molar-refractivity contribution in [2.24, 2.45) is 0 Å². The molecule has 0 fully saturated rings. The van der Waals surface area contributed by atoms with Crippen molar-refractivity contribution in [1.29, 1.82) is 0 Å². The van der Waals surface area contributed by atoms with E-state index >= 15 is 0 Å². The maximum atomic E-state index is 12.2. The van der Waals surface area contributed by atoms with E-state index in [0.717, 1.165) is 24.9 Å². The number of pyridine rings is 1. The van der Waals surface area contributed by atoms with E-state index in [-0.39, 0.29) is 4.90 Å². The standard InChI is InChI=1S/C15H19N3O2S/c1-16-10-2-3-13-4-6-15(7-5-13)21(19,20)18-14-8-11-17-12-9-14/h4-9,11-12,16H,2-3,10H2,1H3,(H,17,18). The van der Waals surface area contributed by atoms with Gasteiger partial charge in [-0.1, -0.05) is 12.1 Å². The third-order valence-electron chi connectivity index (χ3n) is 3.06. The van der Waals surface area contributed by atoms with Gasteiger partial charge in [0.15, 0.2) is 0 Å². The highest BCUT2D eigenvalue weighted by Crippen LogP contribution is 2.16. The van der Waals surface area contributed by atoms with Gasteiger partial charge in [-0.3, -0.25) is 9.71 Å². The lowest BCUT2D eigenvalue weighted by Gasteiger charge is -2.08. The lowest BCUT2D eigenvalue weighted by atomic mass is 10.1. The van der Waals surface area contributed by atoms with Crippen LogP contribution in [0.25, 0.3) is 0 Å².